The van der Waals surface area contributed by atoms with Gasteiger partial charge in [0.15, 0.2) is 0 Å². The molecule has 0 spiro atoms. The van der Waals surface area contributed by atoms with Crippen LogP contribution in [-0.2, 0) is 4.79 Å². The minimum atomic E-state index is -0.865. The lowest BCUT2D eigenvalue weighted by molar-refractivity contribution is -0.217. The molecule has 5 aliphatic carbocycles. The number of carbonyl (C=O) groups excluding carboxylic acids is 1. The Hall–Kier alpha value is -3.72. The standard InChI is InChI=1S/C41H62N2O3.C3H6.3C2H2/c1-26(2)43(27(3)4)25-35(44)42-41-20-10-11-32(41)31-16-17-34-38(7)21-18-30(28-12-14-29(15-13-28)36(45)46)37(5,6)33(38)19-22-40(34,9)39(31,8)23-24-41;1-3-2;3*1-2/h12-15,18,26-27,31-34H,10-11,16-17,19-25H2,1-9H3,(H,42,44)(H,45,46);3H,1H2,2H3;3*1-2H/t31-,32?,33?,34?,38+,39-,40-,41+;;;;/m1..../s1. The van der Waals surface area contributed by atoms with Gasteiger partial charge in [0.2, 0.25) is 5.91 Å². The second-order valence-corrected chi connectivity index (χ2v) is 18.6. The van der Waals surface area contributed by atoms with Crippen molar-refractivity contribution in [3.63, 3.8) is 0 Å². The first-order valence-electron chi connectivity index (χ1n) is 20.6. The minimum absolute atomic E-state index is 0.0220. The van der Waals surface area contributed by atoms with E-state index in [1.54, 1.807) is 18.2 Å². The van der Waals surface area contributed by atoms with E-state index in [9.17, 15) is 14.7 Å². The molecule has 2 N–H and O–H groups in total. The van der Waals surface area contributed by atoms with Crippen molar-refractivity contribution in [1.82, 2.24) is 10.2 Å². The quantitative estimate of drug-likeness (QED) is 0.215. The fourth-order valence-electron chi connectivity index (χ4n) is 13.1. The number of hydrogen-bond acceptors (Lipinski definition) is 3. The summed E-state index contributed by atoms with van der Waals surface area (Å²) in [7, 11) is 0. The van der Waals surface area contributed by atoms with Gasteiger partial charge in [0.05, 0.1) is 12.1 Å². The summed E-state index contributed by atoms with van der Waals surface area (Å²) < 4.78 is 0. The normalized spacial score (nSPS) is 33.5. The molecule has 8 atom stereocenters. The zero-order valence-electron chi connectivity index (χ0n) is 36.1. The van der Waals surface area contributed by atoms with E-state index in [4.69, 9.17) is 0 Å². The number of fused-ring (bicyclic) bond motifs is 7. The fourth-order valence-corrected chi connectivity index (χ4v) is 13.1. The Balaban J connectivity index is 0.00000108. The molecule has 1 aromatic carbocycles. The minimum Gasteiger partial charge on any atom is -0.478 e. The van der Waals surface area contributed by atoms with Crippen LogP contribution >= 0.6 is 0 Å². The number of aromatic carboxylic acids is 1. The molecule has 0 bridgehead atoms. The summed E-state index contributed by atoms with van der Waals surface area (Å²) in [5, 5.41) is 13.2. The van der Waals surface area contributed by atoms with Crippen LogP contribution in [0, 0.1) is 83.9 Å². The molecule has 302 valence electrons. The second kappa shape index (κ2) is 18.9. The molecular weight excluding hydrogens is 677 g/mol. The number of carboxylic acid groups (broad SMARTS) is 1. The third-order valence-corrected chi connectivity index (χ3v) is 15.4. The van der Waals surface area contributed by atoms with Crippen LogP contribution in [0.4, 0.5) is 0 Å². The van der Waals surface area contributed by atoms with Gasteiger partial charge in [-0.05, 0) is 161 Å². The molecule has 3 unspecified atom stereocenters. The van der Waals surface area contributed by atoms with Gasteiger partial charge in [-0.1, -0.05) is 65.3 Å². The Kier molecular flexibility index (Phi) is 16.3. The van der Waals surface area contributed by atoms with E-state index >= 15 is 0 Å². The summed E-state index contributed by atoms with van der Waals surface area (Å²) in [6.45, 7) is 27.5. The van der Waals surface area contributed by atoms with E-state index in [0.29, 0.717) is 47.9 Å². The smallest absolute Gasteiger partial charge is 0.335 e. The first kappa shape index (κ1) is 47.4. The maximum Gasteiger partial charge on any atom is 0.335 e. The maximum absolute atomic E-state index is 13.7. The lowest BCUT2D eigenvalue weighted by Crippen LogP contribution is -2.68. The number of carboxylic acids is 1. The highest BCUT2D eigenvalue weighted by molar-refractivity contribution is 5.88. The largest absolute Gasteiger partial charge is 0.478 e. The molecular formula is C50H74N2O3. The molecule has 6 rings (SSSR count). The lowest BCUT2D eigenvalue weighted by Gasteiger charge is -2.72. The molecule has 5 heteroatoms. The number of hydrogen-bond donors (Lipinski definition) is 2. The number of allylic oxidation sites excluding steroid dienone is 3. The van der Waals surface area contributed by atoms with E-state index in [2.05, 4.69) is 124 Å². The van der Waals surface area contributed by atoms with Gasteiger partial charge in [-0.25, -0.2) is 4.79 Å². The van der Waals surface area contributed by atoms with Crippen LogP contribution in [0.5, 0.6) is 0 Å². The van der Waals surface area contributed by atoms with Gasteiger partial charge in [-0.3, -0.25) is 9.69 Å². The molecule has 0 heterocycles. The Bertz CT molecular complexity index is 1540. The van der Waals surface area contributed by atoms with Crippen molar-refractivity contribution in [2.45, 2.75) is 151 Å². The molecule has 5 nitrogen and oxygen atoms in total. The number of amides is 1. The topological polar surface area (TPSA) is 69.6 Å². The number of benzene rings is 1. The Morgan fingerprint density at radius 1 is 0.818 bits per heavy atom. The van der Waals surface area contributed by atoms with E-state index in [-0.39, 0.29) is 33.1 Å². The third-order valence-electron chi connectivity index (χ3n) is 15.4. The van der Waals surface area contributed by atoms with Crippen LogP contribution in [0.3, 0.4) is 0 Å². The molecule has 0 radical (unpaired) electrons. The molecule has 4 fully saturated rings. The van der Waals surface area contributed by atoms with E-state index in [1.807, 2.05) is 19.1 Å². The highest BCUT2D eigenvalue weighted by atomic mass is 16.4. The summed E-state index contributed by atoms with van der Waals surface area (Å²) >= 11 is 0. The fraction of sp³-hybridized carbons (Fsp3) is 0.640. The van der Waals surface area contributed by atoms with Crippen LogP contribution in [0.15, 0.2) is 43.0 Å². The first-order valence-corrected chi connectivity index (χ1v) is 20.6. The summed E-state index contributed by atoms with van der Waals surface area (Å²) in [4.78, 5) is 27.5. The van der Waals surface area contributed by atoms with Gasteiger partial charge in [0.1, 0.15) is 0 Å². The zero-order chi connectivity index (χ0) is 42.2. The number of carbonyl (C=O) groups is 2. The van der Waals surface area contributed by atoms with Gasteiger partial charge in [-0.2, -0.15) is 0 Å². The summed E-state index contributed by atoms with van der Waals surface area (Å²) in [6, 6.07) is 8.30. The van der Waals surface area contributed by atoms with Crippen LogP contribution < -0.4 is 5.32 Å². The number of rotatable bonds is 7. The molecule has 55 heavy (non-hydrogen) atoms. The number of terminal acetylenes is 3. The van der Waals surface area contributed by atoms with Crippen molar-refractivity contribution >= 4 is 17.4 Å². The average Bonchev–Trinajstić information content (AvgIpc) is 3.57. The molecule has 1 aromatic rings. The predicted octanol–water partition coefficient (Wildman–Crippen LogP) is 11.2. The van der Waals surface area contributed by atoms with Crippen LogP contribution in [0.25, 0.3) is 5.57 Å². The lowest BCUT2D eigenvalue weighted by atomic mass is 9.33. The summed E-state index contributed by atoms with van der Waals surface area (Å²) in [6.07, 6.45) is 40.5. The van der Waals surface area contributed by atoms with E-state index < -0.39 is 5.97 Å². The van der Waals surface area contributed by atoms with Gasteiger partial charge in [0, 0.05) is 17.6 Å². The predicted molar refractivity (Wildman–Crippen MR) is 233 cm³/mol. The van der Waals surface area contributed by atoms with Crippen molar-refractivity contribution in [2.24, 2.45) is 45.3 Å². The summed E-state index contributed by atoms with van der Waals surface area (Å²) in [5.41, 5.74) is 3.75. The van der Waals surface area contributed by atoms with Crippen molar-refractivity contribution < 1.29 is 14.7 Å². The SMILES string of the molecule is C#C.C#C.C#C.C=CC.CC(C)N(CC(=O)N[C@]12CCCC1[C@H]1CCC3[C@@]4(C)CC=C(c5ccc(C(=O)O)cc5)C(C)(C)C4CC[C@@]3(C)[C@]1(C)CC2)C(C)C. The van der Waals surface area contributed by atoms with Gasteiger partial charge >= 0.3 is 5.97 Å². The monoisotopic (exact) mass is 751 g/mol. The average molecular weight is 751 g/mol. The van der Waals surface area contributed by atoms with Crippen LogP contribution in [-0.4, -0.2) is 46.1 Å². The van der Waals surface area contributed by atoms with E-state index in [0.717, 1.165) is 19.3 Å². The molecule has 4 saturated carbocycles. The zero-order valence-corrected chi connectivity index (χ0v) is 36.1. The highest BCUT2D eigenvalue weighted by Gasteiger charge is 2.69. The van der Waals surface area contributed by atoms with Gasteiger partial charge in [-0.15, -0.1) is 45.1 Å². The Morgan fingerprint density at radius 2 is 1.38 bits per heavy atom. The van der Waals surface area contributed by atoms with Gasteiger partial charge in [0.25, 0.3) is 0 Å². The Morgan fingerprint density at radius 3 is 1.91 bits per heavy atom. The molecule has 0 aromatic heterocycles. The van der Waals surface area contributed by atoms with Crippen molar-refractivity contribution in [3.8, 4) is 38.5 Å². The summed E-state index contributed by atoms with van der Waals surface area (Å²) in [5.74, 6) is 1.91. The van der Waals surface area contributed by atoms with Gasteiger partial charge < -0.3 is 10.4 Å². The molecule has 0 aliphatic heterocycles. The molecule has 0 saturated heterocycles. The number of nitrogens with zero attached hydrogens (tertiary/aromatic N) is 1. The van der Waals surface area contributed by atoms with Crippen LogP contribution in [0.1, 0.15) is 149 Å². The second-order valence-electron chi connectivity index (χ2n) is 18.6. The molecule has 5 aliphatic rings. The van der Waals surface area contributed by atoms with Crippen molar-refractivity contribution in [1.29, 1.82) is 0 Å². The number of nitrogens with one attached hydrogen (secondary N) is 1. The van der Waals surface area contributed by atoms with Crippen molar-refractivity contribution in [3.05, 3.63) is 54.1 Å². The van der Waals surface area contributed by atoms with E-state index in [1.165, 1.54) is 56.1 Å². The third kappa shape index (κ3) is 8.52. The van der Waals surface area contributed by atoms with Crippen molar-refractivity contribution in [2.75, 3.05) is 6.54 Å². The first-order chi connectivity index (χ1) is 25.9. The highest BCUT2D eigenvalue weighted by Crippen LogP contribution is 2.76. The van der Waals surface area contributed by atoms with Crippen LogP contribution in [0.2, 0.25) is 0 Å². The Labute approximate surface area is 337 Å². The maximum atomic E-state index is 13.7. The molecule has 1 amide bonds.